The van der Waals surface area contributed by atoms with Crippen molar-refractivity contribution in [2.24, 2.45) is 0 Å². The highest BCUT2D eigenvalue weighted by molar-refractivity contribution is 6.21. The van der Waals surface area contributed by atoms with E-state index in [-0.39, 0.29) is 0 Å². The summed E-state index contributed by atoms with van der Waals surface area (Å²) in [7, 11) is 6.54. The Kier molecular flexibility index (Phi) is 11.3. The maximum atomic E-state index is 6.53. The second kappa shape index (κ2) is 19.8. The predicted molar refractivity (Wildman–Crippen MR) is 357 cm³/mol. The van der Waals surface area contributed by atoms with Gasteiger partial charge in [-0.15, -0.1) is 0 Å². The van der Waals surface area contributed by atoms with E-state index in [2.05, 4.69) is 275 Å². The molecule has 10 heteroatoms. The summed E-state index contributed by atoms with van der Waals surface area (Å²) in [5.41, 5.74) is 26.4. The third-order valence-corrected chi connectivity index (χ3v) is 17.5. The molecule has 0 unspecified atom stereocenters. The highest BCUT2D eigenvalue weighted by Gasteiger charge is 2.43. The van der Waals surface area contributed by atoms with E-state index in [4.69, 9.17) is 18.8 Å². The topological polar surface area (TPSA) is 71.5 Å². The molecule has 0 fully saturated rings. The highest BCUT2D eigenvalue weighted by Crippen LogP contribution is 2.68. The number of hydrogen-bond acceptors (Lipinski definition) is 10. The summed E-state index contributed by atoms with van der Waals surface area (Å²) in [5.74, 6) is 1.11. The SMILES string of the molecule is CN1c2ccccc2N(c2c(-c3ccc(-c4nc5ccccc5o4)cc3)c(-c3ccccc3)c(N3c4ccccc4N(C)c4ccccc43)c(N3c4ccccc4N(C)c4ccccc43)c2-c2ccc(-c3nc4ccccc4o3)cc2)c2ccccc21. The minimum Gasteiger partial charge on any atom is -0.436 e. The highest BCUT2D eigenvalue weighted by atomic mass is 16.4. The van der Waals surface area contributed by atoms with Gasteiger partial charge in [-0.3, -0.25) is 0 Å². The average molecular weight is 1120 g/mol. The van der Waals surface area contributed by atoms with E-state index in [0.29, 0.717) is 11.8 Å². The lowest BCUT2D eigenvalue weighted by molar-refractivity contribution is 0.619. The Morgan fingerprint density at radius 3 is 0.839 bits per heavy atom. The Bertz CT molecular complexity index is 4820. The first-order valence-electron chi connectivity index (χ1n) is 29.3. The van der Waals surface area contributed by atoms with Crippen molar-refractivity contribution in [3.05, 3.63) is 273 Å². The van der Waals surface area contributed by atoms with Crippen molar-refractivity contribution in [2.45, 2.75) is 0 Å². The Morgan fingerprint density at radius 1 is 0.230 bits per heavy atom. The molecule has 2 aromatic heterocycles. The van der Waals surface area contributed by atoms with Crippen LogP contribution < -0.4 is 29.4 Å². The Hall–Kier alpha value is -11.6. The molecule has 0 bridgehead atoms. The Morgan fingerprint density at radius 2 is 0.483 bits per heavy atom. The fraction of sp³-hybridized carbons (Fsp3) is 0.0390. The minimum atomic E-state index is 0.553. The van der Waals surface area contributed by atoms with Crippen LogP contribution in [0.1, 0.15) is 0 Å². The van der Waals surface area contributed by atoms with E-state index in [1.54, 1.807) is 0 Å². The van der Waals surface area contributed by atoms with Crippen molar-refractivity contribution >= 4 is 108 Å². The standard InChI is InChI=1S/C77H54N8O2/c1-80-56-27-9-15-33-62(56)83(63-34-16-10-28-57(63)80)73-70(50-41-45-52(46-42-50)76-78-54-25-7-21-39-68(54)86-76)71(49-23-5-4-6-24-49)74(84-64-35-17-11-29-58(64)81(2)59-30-12-18-36-65(59)84)75(85-66-37-19-13-31-60(66)82(3)61-32-14-20-38-67(61)85)72(73)51-43-47-53(48-44-51)77-79-55-26-8-22-40-69(55)87-77/h4-48H,1-3H3. The van der Waals surface area contributed by atoms with Crippen LogP contribution in [0.2, 0.25) is 0 Å². The number of fused-ring (bicyclic) bond motifs is 8. The summed E-state index contributed by atoms with van der Waals surface area (Å²) >= 11 is 0. The Balaban J connectivity index is 1.11. The summed E-state index contributed by atoms with van der Waals surface area (Å²) in [5, 5.41) is 0. The van der Waals surface area contributed by atoms with Gasteiger partial charge in [0.1, 0.15) is 11.0 Å². The summed E-state index contributed by atoms with van der Waals surface area (Å²) in [6.45, 7) is 0. The molecule has 12 aromatic carbocycles. The summed E-state index contributed by atoms with van der Waals surface area (Å²) in [6.07, 6.45) is 0. The van der Waals surface area contributed by atoms with Gasteiger partial charge in [0, 0.05) is 49.0 Å². The van der Waals surface area contributed by atoms with Crippen LogP contribution in [0.4, 0.5) is 85.3 Å². The van der Waals surface area contributed by atoms with E-state index in [1.165, 1.54) is 0 Å². The van der Waals surface area contributed by atoms with Crippen molar-refractivity contribution < 1.29 is 8.83 Å². The number of benzene rings is 12. The minimum absolute atomic E-state index is 0.553. The molecule has 414 valence electrons. The monoisotopic (exact) mass is 1120 g/mol. The first-order chi connectivity index (χ1) is 42.9. The van der Waals surface area contributed by atoms with Gasteiger partial charge >= 0.3 is 0 Å². The van der Waals surface area contributed by atoms with Crippen LogP contribution in [0, 0.1) is 0 Å². The molecule has 0 amide bonds. The lowest BCUT2D eigenvalue weighted by atomic mass is 9.82. The molecule has 0 radical (unpaired) electrons. The van der Waals surface area contributed by atoms with Gasteiger partial charge in [-0.2, -0.15) is 0 Å². The molecule has 3 aliphatic rings. The lowest BCUT2D eigenvalue weighted by Crippen LogP contribution is -2.30. The fourth-order valence-corrected chi connectivity index (χ4v) is 13.5. The van der Waals surface area contributed by atoms with Crippen LogP contribution in [0.3, 0.4) is 0 Å². The summed E-state index contributed by atoms with van der Waals surface area (Å²) in [6, 6.07) is 97.6. The number of para-hydroxylation sites is 16. The first-order valence-corrected chi connectivity index (χ1v) is 29.3. The van der Waals surface area contributed by atoms with E-state index in [9.17, 15) is 0 Å². The van der Waals surface area contributed by atoms with E-state index < -0.39 is 0 Å². The number of aromatic nitrogens is 2. The molecule has 14 aromatic rings. The van der Waals surface area contributed by atoms with Crippen molar-refractivity contribution in [3.63, 3.8) is 0 Å². The third-order valence-electron chi connectivity index (χ3n) is 17.5. The predicted octanol–water partition coefficient (Wildman–Crippen LogP) is 21.0. The molecule has 87 heavy (non-hydrogen) atoms. The van der Waals surface area contributed by atoms with Gasteiger partial charge in [0.05, 0.1) is 85.3 Å². The van der Waals surface area contributed by atoms with Crippen LogP contribution in [0.5, 0.6) is 0 Å². The van der Waals surface area contributed by atoms with Gasteiger partial charge in [0.2, 0.25) is 11.8 Å². The molecule has 0 spiro atoms. The zero-order valence-electron chi connectivity index (χ0n) is 47.9. The van der Waals surface area contributed by atoms with E-state index in [0.717, 1.165) is 152 Å². The maximum absolute atomic E-state index is 6.53. The first kappa shape index (κ1) is 49.9. The van der Waals surface area contributed by atoms with Crippen molar-refractivity contribution in [1.82, 2.24) is 9.97 Å². The molecule has 10 nitrogen and oxygen atoms in total. The molecular formula is C77H54N8O2. The van der Waals surface area contributed by atoms with Gasteiger partial charge in [-0.05, 0) is 138 Å². The van der Waals surface area contributed by atoms with Crippen molar-refractivity contribution in [1.29, 1.82) is 0 Å². The lowest BCUT2D eigenvalue weighted by Gasteiger charge is -2.46. The molecule has 0 saturated heterocycles. The molecule has 3 aliphatic heterocycles. The van der Waals surface area contributed by atoms with Crippen LogP contribution >= 0.6 is 0 Å². The van der Waals surface area contributed by atoms with Gasteiger partial charge in [0.15, 0.2) is 11.2 Å². The molecule has 0 N–H and O–H groups in total. The molecule has 17 rings (SSSR count). The van der Waals surface area contributed by atoms with Crippen molar-refractivity contribution in [2.75, 3.05) is 50.5 Å². The number of hydrogen-bond donors (Lipinski definition) is 0. The second-order valence-corrected chi connectivity index (χ2v) is 22.3. The van der Waals surface area contributed by atoms with Gasteiger partial charge in [0.25, 0.3) is 0 Å². The fourth-order valence-electron chi connectivity index (χ4n) is 13.5. The van der Waals surface area contributed by atoms with Gasteiger partial charge in [-0.1, -0.05) is 152 Å². The van der Waals surface area contributed by atoms with E-state index >= 15 is 0 Å². The summed E-state index contributed by atoms with van der Waals surface area (Å²) < 4.78 is 13.0. The smallest absolute Gasteiger partial charge is 0.227 e. The number of anilines is 15. The number of rotatable bonds is 8. The third kappa shape index (κ3) is 7.74. The quantitative estimate of drug-likeness (QED) is 0.147. The second-order valence-electron chi connectivity index (χ2n) is 22.3. The molecule has 0 atom stereocenters. The van der Waals surface area contributed by atoms with Crippen molar-refractivity contribution in [3.8, 4) is 56.3 Å². The summed E-state index contributed by atoms with van der Waals surface area (Å²) in [4.78, 5) is 24.7. The molecule has 0 saturated carbocycles. The van der Waals surface area contributed by atoms with Crippen LogP contribution in [0.15, 0.2) is 282 Å². The maximum Gasteiger partial charge on any atom is 0.227 e. The van der Waals surface area contributed by atoms with Crippen LogP contribution in [-0.2, 0) is 0 Å². The van der Waals surface area contributed by atoms with E-state index in [1.807, 2.05) is 48.5 Å². The molecule has 0 aliphatic carbocycles. The van der Waals surface area contributed by atoms with Gasteiger partial charge in [-0.25, -0.2) is 9.97 Å². The zero-order chi connectivity index (χ0) is 57.9. The molecular weight excluding hydrogens is 1070 g/mol. The largest absolute Gasteiger partial charge is 0.436 e. The number of oxazole rings is 2. The zero-order valence-corrected chi connectivity index (χ0v) is 47.9. The van der Waals surface area contributed by atoms with Gasteiger partial charge < -0.3 is 38.2 Å². The van der Waals surface area contributed by atoms with Crippen LogP contribution in [0.25, 0.3) is 78.5 Å². The number of nitrogens with zero attached hydrogens (tertiary/aromatic N) is 8. The average Bonchev–Trinajstić information content (AvgIpc) is 1.23. The molecule has 5 heterocycles. The normalized spacial score (nSPS) is 13.1. The van der Waals surface area contributed by atoms with Crippen LogP contribution in [-0.4, -0.2) is 31.1 Å². The Labute approximate surface area is 503 Å².